The Kier molecular flexibility index (Phi) is 9.60. The lowest BCUT2D eigenvalue weighted by molar-refractivity contribution is 0.415. The van der Waals surface area contributed by atoms with E-state index in [-0.39, 0.29) is 5.41 Å². The normalized spacial score (nSPS) is 11.5. The number of benzene rings is 6. The molecule has 13 nitrogen and oxygen atoms in total. The molecule has 0 atom stereocenters. The van der Waals surface area contributed by atoms with Gasteiger partial charge in [0.1, 0.15) is 5.75 Å². The molecule has 4 heterocycles. The van der Waals surface area contributed by atoms with E-state index in [9.17, 15) is 0 Å². The van der Waals surface area contributed by atoms with E-state index in [1.165, 1.54) is 0 Å². The molecule has 10 rings (SSSR count). The highest BCUT2D eigenvalue weighted by atomic mass is 16.5. The molecule has 0 aliphatic heterocycles. The predicted molar refractivity (Wildman–Crippen MR) is 240 cm³/mol. The second-order valence-electron chi connectivity index (χ2n) is 15.9. The fourth-order valence-corrected chi connectivity index (χ4v) is 7.21. The highest BCUT2D eigenvalue weighted by Gasteiger charge is 2.20. The van der Waals surface area contributed by atoms with Crippen LogP contribution >= 0.6 is 0 Å². The fraction of sp³-hybridized carbons (Fsp3) is 0.102. The number of H-pyrrole nitrogens is 4. The molecule has 0 radical (unpaired) electrons. The lowest BCUT2D eigenvalue weighted by Crippen LogP contribution is -2.11. The molecule has 0 spiro atoms. The maximum Gasteiger partial charge on any atom is 0.181 e. The summed E-state index contributed by atoms with van der Waals surface area (Å²) >= 11 is 0. The Labute approximate surface area is 356 Å². The molecule has 10 aromatic rings. The summed E-state index contributed by atoms with van der Waals surface area (Å²) in [5.41, 5.74) is 10.2. The quantitative estimate of drug-likeness (QED) is 0.105. The number of nitrogens with zero attached hydrogens (tertiary/aromatic N) is 8. The van der Waals surface area contributed by atoms with Crippen LogP contribution in [0.4, 0.5) is 0 Å². The average molecular weight is 813 g/mol. The summed E-state index contributed by atoms with van der Waals surface area (Å²) in [7, 11) is 1.63. The summed E-state index contributed by atoms with van der Waals surface area (Å²) in [5.74, 6) is 5.67. The van der Waals surface area contributed by atoms with Crippen LogP contribution in [0.5, 0.6) is 5.75 Å². The van der Waals surface area contributed by atoms with Gasteiger partial charge in [0.2, 0.25) is 0 Å². The van der Waals surface area contributed by atoms with Crippen LogP contribution in [0.3, 0.4) is 0 Å². The number of rotatable bonds is 10. The first-order valence-electron chi connectivity index (χ1n) is 20.1. The molecule has 4 aromatic heterocycles. The van der Waals surface area contributed by atoms with E-state index >= 15 is 0 Å². The molecule has 0 bridgehead atoms. The molecule has 13 heteroatoms. The van der Waals surface area contributed by atoms with Gasteiger partial charge in [-0.05, 0) is 58.5 Å². The smallest absolute Gasteiger partial charge is 0.181 e. The van der Waals surface area contributed by atoms with Crippen molar-refractivity contribution in [2.75, 3.05) is 7.11 Å². The number of hydrogen-bond donors (Lipinski definition) is 4. The van der Waals surface area contributed by atoms with Crippen molar-refractivity contribution in [3.63, 3.8) is 0 Å². The molecule has 0 aliphatic carbocycles. The van der Waals surface area contributed by atoms with E-state index in [0.29, 0.717) is 46.5 Å². The maximum absolute atomic E-state index is 5.63. The SMILES string of the molecule is COc1cc(-c2n[nH]c(-c3ccccc3)n2)cc(-c2n[nH]c(-c3ccc(-c4ccc(-c5nc(-c6cc(-c7n[nH]c(-c8ccccc8)n7)cc(C(C)(C)C)c6)n[nH]5)cc4)cc3)n2)c1. The Balaban J connectivity index is 0.854. The number of aromatic nitrogens is 12. The van der Waals surface area contributed by atoms with Gasteiger partial charge in [0.25, 0.3) is 0 Å². The van der Waals surface area contributed by atoms with E-state index in [1.807, 2.05) is 97.1 Å². The molecule has 0 saturated heterocycles. The van der Waals surface area contributed by atoms with E-state index in [1.54, 1.807) is 7.11 Å². The fourth-order valence-electron chi connectivity index (χ4n) is 7.21. The Hall–Kier alpha value is -8.32. The van der Waals surface area contributed by atoms with E-state index in [4.69, 9.17) is 24.7 Å². The summed E-state index contributed by atoms with van der Waals surface area (Å²) in [6, 6.07) is 48.4. The zero-order valence-corrected chi connectivity index (χ0v) is 34.3. The third-order valence-corrected chi connectivity index (χ3v) is 10.7. The first-order valence-corrected chi connectivity index (χ1v) is 20.1. The predicted octanol–water partition coefficient (Wildman–Crippen LogP) is 10.5. The van der Waals surface area contributed by atoms with E-state index in [2.05, 4.69) is 110 Å². The zero-order chi connectivity index (χ0) is 42.2. The minimum atomic E-state index is -0.122. The highest BCUT2D eigenvalue weighted by molar-refractivity contribution is 5.75. The van der Waals surface area contributed by atoms with Crippen molar-refractivity contribution in [2.24, 2.45) is 0 Å². The Morgan fingerprint density at radius 2 is 0.661 bits per heavy atom. The lowest BCUT2D eigenvalue weighted by atomic mass is 9.85. The average Bonchev–Trinajstić information content (AvgIpc) is 4.17. The third-order valence-electron chi connectivity index (χ3n) is 10.7. The molecule has 0 unspecified atom stereocenters. The summed E-state index contributed by atoms with van der Waals surface area (Å²) in [4.78, 5) is 19.3. The highest BCUT2D eigenvalue weighted by Crippen LogP contribution is 2.34. The summed E-state index contributed by atoms with van der Waals surface area (Å²) in [6.45, 7) is 6.56. The van der Waals surface area contributed by atoms with Crippen LogP contribution in [0.15, 0.2) is 146 Å². The first kappa shape index (κ1) is 37.9. The molecule has 0 amide bonds. The summed E-state index contributed by atoms with van der Waals surface area (Å²) in [5, 5.41) is 30.6. The molecule has 0 saturated carbocycles. The van der Waals surface area contributed by atoms with Crippen LogP contribution in [0.25, 0.3) is 102 Å². The van der Waals surface area contributed by atoms with E-state index in [0.717, 1.165) is 67.0 Å². The van der Waals surface area contributed by atoms with Gasteiger partial charge in [0.05, 0.1) is 7.11 Å². The molecule has 0 fully saturated rings. The second-order valence-corrected chi connectivity index (χ2v) is 15.9. The van der Waals surface area contributed by atoms with Crippen molar-refractivity contribution < 1.29 is 4.74 Å². The number of ether oxygens (including phenoxy) is 1. The van der Waals surface area contributed by atoms with Crippen LogP contribution in [0.1, 0.15) is 26.3 Å². The van der Waals surface area contributed by atoms with E-state index < -0.39 is 0 Å². The van der Waals surface area contributed by atoms with Gasteiger partial charge in [-0.2, -0.15) is 20.4 Å². The van der Waals surface area contributed by atoms with Gasteiger partial charge in [-0.1, -0.05) is 130 Å². The minimum absolute atomic E-state index is 0.122. The van der Waals surface area contributed by atoms with Gasteiger partial charge in [0.15, 0.2) is 46.6 Å². The van der Waals surface area contributed by atoms with Crippen LogP contribution in [0, 0.1) is 0 Å². The molecular weight excluding hydrogens is 773 g/mol. The van der Waals surface area contributed by atoms with Crippen LogP contribution in [-0.2, 0) is 5.41 Å². The number of methoxy groups -OCH3 is 1. The second kappa shape index (κ2) is 15.7. The van der Waals surface area contributed by atoms with Crippen LogP contribution < -0.4 is 4.74 Å². The number of nitrogens with one attached hydrogen (secondary N) is 4. The largest absolute Gasteiger partial charge is 0.497 e. The van der Waals surface area contributed by atoms with Crippen LogP contribution in [-0.4, -0.2) is 67.8 Å². The van der Waals surface area contributed by atoms with Gasteiger partial charge < -0.3 is 4.74 Å². The number of aromatic amines is 4. The van der Waals surface area contributed by atoms with Crippen molar-refractivity contribution in [2.45, 2.75) is 26.2 Å². The lowest BCUT2D eigenvalue weighted by Gasteiger charge is -2.20. The van der Waals surface area contributed by atoms with Crippen molar-refractivity contribution >= 4 is 0 Å². The zero-order valence-electron chi connectivity index (χ0n) is 34.3. The Morgan fingerprint density at radius 1 is 0.355 bits per heavy atom. The summed E-state index contributed by atoms with van der Waals surface area (Å²) in [6.07, 6.45) is 0. The molecule has 0 aliphatic rings. The number of hydrogen-bond acceptors (Lipinski definition) is 9. The maximum atomic E-state index is 5.63. The monoisotopic (exact) mass is 812 g/mol. The third kappa shape index (κ3) is 7.66. The minimum Gasteiger partial charge on any atom is -0.497 e. The Morgan fingerprint density at radius 3 is 0.984 bits per heavy atom. The molecule has 4 N–H and O–H groups in total. The Bertz CT molecular complexity index is 3140. The molecular formula is C49H40N12O. The van der Waals surface area contributed by atoms with Crippen molar-refractivity contribution in [3.05, 3.63) is 151 Å². The molecule has 6 aromatic carbocycles. The first-order chi connectivity index (χ1) is 30.2. The molecule has 302 valence electrons. The van der Waals surface area contributed by atoms with Crippen molar-refractivity contribution in [1.29, 1.82) is 0 Å². The van der Waals surface area contributed by atoms with Gasteiger partial charge in [-0.15, -0.1) is 0 Å². The van der Waals surface area contributed by atoms with Gasteiger partial charge >= 0.3 is 0 Å². The van der Waals surface area contributed by atoms with Gasteiger partial charge in [0, 0.05) is 44.5 Å². The summed E-state index contributed by atoms with van der Waals surface area (Å²) < 4.78 is 5.63. The molecule has 62 heavy (non-hydrogen) atoms. The van der Waals surface area contributed by atoms with Crippen molar-refractivity contribution in [1.82, 2.24) is 60.7 Å². The van der Waals surface area contributed by atoms with Crippen molar-refractivity contribution in [3.8, 4) is 108 Å². The topological polar surface area (TPSA) is 176 Å². The van der Waals surface area contributed by atoms with Gasteiger partial charge in [-0.25, -0.2) is 19.9 Å². The van der Waals surface area contributed by atoms with Gasteiger partial charge in [-0.3, -0.25) is 20.4 Å². The standard InChI is InChI=1S/C49H40N12O/c1-49(2,3)39-25-35(45-50-41(54-58-45)31-11-7-5-8-12-31)23-36(26-39)46-52-43(56-59-46)33-19-15-29(16-20-33)30-17-21-34(22-18-30)44-53-48(61-57-44)38-24-37(27-40(28-38)62-4)47-51-42(55-60-47)32-13-9-6-10-14-32/h5-28H,1-4H3,(H,50,54,58)(H,51,55,60)(H,52,56,59)(H,53,57,61). The van der Waals surface area contributed by atoms with Crippen LogP contribution in [0.2, 0.25) is 0 Å².